The molecular formula is C22H15ClF6N2O3. The number of anilines is 1. The summed E-state index contributed by atoms with van der Waals surface area (Å²) in [5, 5.41) is 2.12. The maximum atomic E-state index is 12.7. The van der Waals surface area contributed by atoms with Crippen molar-refractivity contribution >= 4 is 23.2 Å². The molecule has 0 radical (unpaired) electrons. The van der Waals surface area contributed by atoms with Crippen molar-refractivity contribution in [3.05, 3.63) is 76.9 Å². The van der Waals surface area contributed by atoms with Gasteiger partial charge in [0.25, 0.3) is 5.91 Å². The molecule has 34 heavy (non-hydrogen) atoms. The highest BCUT2D eigenvalue weighted by Crippen LogP contribution is 2.35. The second kappa shape index (κ2) is 9.80. The lowest BCUT2D eigenvalue weighted by Gasteiger charge is -2.15. The van der Waals surface area contributed by atoms with Gasteiger partial charge in [0.05, 0.1) is 11.1 Å². The molecular weight excluding hydrogens is 490 g/mol. The molecule has 1 heterocycles. The maximum absolute atomic E-state index is 12.7. The van der Waals surface area contributed by atoms with Gasteiger partial charge in [-0.3, -0.25) is 4.79 Å². The Hall–Kier alpha value is -3.47. The van der Waals surface area contributed by atoms with Gasteiger partial charge in [0.15, 0.2) is 6.10 Å². The van der Waals surface area contributed by atoms with E-state index in [-0.39, 0.29) is 28.1 Å². The number of amides is 1. The first-order chi connectivity index (χ1) is 15.8. The molecule has 0 bridgehead atoms. The molecule has 2 aromatic carbocycles. The first-order valence-corrected chi connectivity index (χ1v) is 9.86. The van der Waals surface area contributed by atoms with Crippen LogP contribution in [0.4, 0.5) is 32.0 Å². The van der Waals surface area contributed by atoms with Crippen molar-refractivity contribution in [3.63, 3.8) is 0 Å². The molecule has 1 unspecified atom stereocenters. The number of carbonyl (C=O) groups is 1. The van der Waals surface area contributed by atoms with E-state index < -0.39 is 35.5 Å². The van der Waals surface area contributed by atoms with Crippen LogP contribution >= 0.6 is 11.6 Å². The van der Waals surface area contributed by atoms with E-state index in [1.165, 1.54) is 31.2 Å². The van der Waals surface area contributed by atoms with Crippen LogP contribution < -0.4 is 14.8 Å². The van der Waals surface area contributed by atoms with Crippen molar-refractivity contribution in [1.82, 2.24) is 4.98 Å². The first kappa shape index (κ1) is 25.2. The van der Waals surface area contributed by atoms with E-state index in [1.807, 2.05) is 0 Å². The van der Waals surface area contributed by atoms with Gasteiger partial charge in [-0.1, -0.05) is 11.6 Å². The van der Waals surface area contributed by atoms with Crippen molar-refractivity contribution in [2.45, 2.75) is 25.4 Å². The molecule has 5 nitrogen and oxygen atoms in total. The zero-order valence-electron chi connectivity index (χ0n) is 17.2. The molecule has 1 N–H and O–H groups in total. The molecule has 0 aliphatic rings. The number of aromatic nitrogens is 1. The molecule has 0 fully saturated rings. The summed E-state index contributed by atoms with van der Waals surface area (Å²) in [5.41, 5.74) is -1.69. The van der Waals surface area contributed by atoms with Crippen LogP contribution in [0, 0.1) is 0 Å². The largest absolute Gasteiger partial charge is 0.481 e. The molecule has 3 aromatic rings. The molecule has 0 saturated heterocycles. The van der Waals surface area contributed by atoms with E-state index in [9.17, 15) is 31.1 Å². The fourth-order valence-electron chi connectivity index (χ4n) is 2.60. The number of ether oxygens (including phenoxy) is 2. The van der Waals surface area contributed by atoms with Crippen LogP contribution in [0.1, 0.15) is 18.1 Å². The van der Waals surface area contributed by atoms with Gasteiger partial charge in [0.2, 0.25) is 5.88 Å². The summed E-state index contributed by atoms with van der Waals surface area (Å²) in [6.45, 7) is 1.44. The Balaban J connectivity index is 1.58. The van der Waals surface area contributed by atoms with Gasteiger partial charge >= 0.3 is 12.4 Å². The maximum Gasteiger partial charge on any atom is 0.417 e. The Morgan fingerprint density at radius 2 is 1.47 bits per heavy atom. The number of nitrogens with one attached hydrogen (secondary N) is 1. The third kappa shape index (κ3) is 6.53. The normalized spacial score (nSPS) is 12.7. The predicted molar refractivity (Wildman–Crippen MR) is 111 cm³/mol. The van der Waals surface area contributed by atoms with Crippen LogP contribution in [-0.4, -0.2) is 17.0 Å². The number of alkyl halides is 6. The summed E-state index contributed by atoms with van der Waals surface area (Å²) in [4.78, 5) is 15.8. The zero-order valence-corrected chi connectivity index (χ0v) is 17.9. The molecule has 0 spiro atoms. The summed E-state index contributed by atoms with van der Waals surface area (Å²) in [6, 6.07) is 10.4. The average Bonchev–Trinajstić information content (AvgIpc) is 2.75. The van der Waals surface area contributed by atoms with E-state index in [0.717, 1.165) is 24.3 Å². The molecule has 1 atom stereocenters. The summed E-state index contributed by atoms with van der Waals surface area (Å²) in [7, 11) is 0. The minimum Gasteiger partial charge on any atom is -0.481 e. The van der Waals surface area contributed by atoms with Gasteiger partial charge in [-0.2, -0.15) is 26.3 Å². The monoisotopic (exact) mass is 504 g/mol. The molecule has 1 aromatic heterocycles. The van der Waals surface area contributed by atoms with Gasteiger partial charge < -0.3 is 14.8 Å². The number of nitrogens with zero attached hydrogens (tertiary/aromatic N) is 1. The molecule has 180 valence electrons. The highest BCUT2D eigenvalue weighted by molar-refractivity contribution is 6.31. The first-order valence-electron chi connectivity index (χ1n) is 9.48. The van der Waals surface area contributed by atoms with Crippen LogP contribution in [0.3, 0.4) is 0 Å². The van der Waals surface area contributed by atoms with Gasteiger partial charge in [-0.15, -0.1) is 0 Å². The van der Waals surface area contributed by atoms with E-state index in [1.54, 1.807) is 0 Å². The van der Waals surface area contributed by atoms with E-state index in [4.69, 9.17) is 21.1 Å². The number of hydrogen-bond acceptors (Lipinski definition) is 4. The Kier molecular flexibility index (Phi) is 7.25. The van der Waals surface area contributed by atoms with Crippen LogP contribution in [0.5, 0.6) is 17.4 Å². The Morgan fingerprint density at radius 3 is 2.00 bits per heavy atom. The van der Waals surface area contributed by atoms with Gasteiger partial charge in [0, 0.05) is 11.9 Å². The summed E-state index contributed by atoms with van der Waals surface area (Å²) in [6.07, 6.45) is -9.48. The second-order valence-corrected chi connectivity index (χ2v) is 7.31. The minimum absolute atomic E-state index is 0.165. The van der Waals surface area contributed by atoms with Crippen molar-refractivity contribution in [3.8, 4) is 17.4 Å². The summed E-state index contributed by atoms with van der Waals surface area (Å²) >= 11 is 5.81. The number of hydrogen-bond donors (Lipinski definition) is 1. The lowest BCUT2D eigenvalue weighted by atomic mass is 10.2. The quantitative estimate of drug-likeness (QED) is 0.368. The lowest BCUT2D eigenvalue weighted by Crippen LogP contribution is -2.30. The summed E-state index contributed by atoms with van der Waals surface area (Å²) in [5.74, 6) is -0.370. The van der Waals surface area contributed by atoms with Crippen LogP contribution in [-0.2, 0) is 17.1 Å². The fraction of sp³-hybridized carbons (Fsp3) is 0.182. The second-order valence-electron chi connectivity index (χ2n) is 6.91. The number of benzene rings is 2. The lowest BCUT2D eigenvalue weighted by molar-refractivity contribution is -0.138. The Bertz CT molecular complexity index is 1150. The van der Waals surface area contributed by atoms with Crippen LogP contribution in [0.2, 0.25) is 5.02 Å². The predicted octanol–water partition coefficient (Wildman–Crippen LogP) is 6.97. The van der Waals surface area contributed by atoms with E-state index in [0.29, 0.717) is 12.3 Å². The van der Waals surface area contributed by atoms with Crippen molar-refractivity contribution < 1.29 is 40.6 Å². The smallest absolute Gasteiger partial charge is 0.417 e. The number of halogens is 7. The molecule has 1 amide bonds. The van der Waals surface area contributed by atoms with E-state index >= 15 is 0 Å². The SMILES string of the molecule is CC(Oc1ccc(Oc2ncc(C(F)(F)F)cc2Cl)cc1)C(=O)Nc1ccc(C(F)(F)F)cc1. The molecule has 0 aliphatic heterocycles. The highest BCUT2D eigenvalue weighted by atomic mass is 35.5. The standard InChI is InChI=1S/C22H15ClF6N2O3/c1-12(19(32)31-15-4-2-13(3-5-15)21(24,25)26)33-16-6-8-17(9-7-16)34-20-18(23)10-14(11-30-20)22(27,28)29/h2-12H,1H3,(H,31,32). The molecule has 0 aliphatic carbocycles. The summed E-state index contributed by atoms with van der Waals surface area (Å²) < 4.78 is 86.8. The highest BCUT2D eigenvalue weighted by Gasteiger charge is 2.32. The number of rotatable bonds is 6. The molecule has 0 saturated carbocycles. The molecule has 3 rings (SSSR count). The van der Waals surface area contributed by atoms with Gasteiger partial charge in [-0.25, -0.2) is 4.98 Å². The average molecular weight is 505 g/mol. The van der Waals surface area contributed by atoms with Crippen molar-refractivity contribution in [2.24, 2.45) is 0 Å². The fourth-order valence-corrected chi connectivity index (χ4v) is 2.80. The minimum atomic E-state index is -4.59. The number of pyridine rings is 1. The number of carbonyl (C=O) groups excluding carboxylic acids is 1. The molecule has 12 heteroatoms. The van der Waals surface area contributed by atoms with Crippen LogP contribution in [0.15, 0.2) is 60.8 Å². The zero-order chi connectivity index (χ0) is 25.1. The van der Waals surface area contributed by atoms with Gasteiger partial charge in [0.1, 0.15) is 16.5 Å². The topological polar surface area (TPSA) is 60.5 Å². The third-order valence-electron chi connectivity index (χ3n) is 4.33. The van der Waals surface area contributed by atoms with Gasteiger partial charge in [-0.05, 0) is 61.5 Å². The Morgan fingerprint density at radius 1 is 0.912 bits per heavy atom. The van der Waals surface area contributed by atoms with Crippen molar-refractivity contribution in [2.75, 3.05) is 5.32 Å². The van der Waals surface area contributed by atoms with Crippen molar-refractivity contribution in [1.29, 1.82) is 0 Å². The Labute approximate surface area is 194 Å². The third-order valence-corrected chi connectivity index (χ3v) is 4.61. The van der Waals surface area contributed by atoms with E-state index in [2.05, 4.69) is 10.3 Å². The van der Waals surface area contributed by atoms with Crippen LogP contribution in [0.25, 0.3) is 0 Å².